The molecule has 1 saturated heterocycles. The minimum atomic E-state index is 0.202. The molecule has 1 aliphatic heterocycles. The van der Waals surface area contributed by atoms with Crippen LogP contribution in [0.4, 0.5) is 0 Å². The van der Waals surface area contributed by atoms with Crippen LogP contribution in [0.3, 0.4) is 0 Å². The first-order valence-electron chi connectivity index (χ1n) is 5.84. The van der Waals surface area contributed by atoms with Crippen molar-refractivity contribution >= 4 is 27.7 Å². The lowest BCUT2D eigenvalue weighted by Crippen LogP contribution is -2.16. The maximum absolute atomic E-state index is 5.58. The minimum Gasteiger partial charge on any atom is -0.376 e. The van der Waals surface area contributed by atoms with Crippen molar-refractivity contribution in [3.05, 3.63) is 16.9 Å². The average Bonchev–Trinajstić information content (AvgIpc) is 3.06. The Morgan fingerprint density at radius 3 is 3.00 bits per heavy atom. The van der Waals surface area contributed by atoms with E-state index in [4.69, 9.17) is 4.74 Å². The predicted molar refractivity (Wildman–Crippen MR) is 70.6 cm³/mol. The molecule has 0 amide bonds. The number of halogens is 1. The number of aromatic nitrogens is 6. The zero-order chi connectivity index (χ0) is 13.1. The summed E-state index contributed by atoms with van der Waals surface area (Å²) in [6.45, 7) is 1.50. The lowest BCUT2D eigenvalue weighted by molar-refractivity contribution is 0.0911. The van der Waals surface area contributed by atoms with Crippen LogP contribution in [0, 0.1) is 0 Å². The van der Waals surface area contributed by atoms with Crippen molar-refractivity contribution in [1.29, 1.82) is 0 Å². The second-order valence-electron chi connectivity index (χ2n) is 4.06. The van der Waals surface area contributed by atoms with Crippen molar-refractivity contribution < 1.29 is 4.74 Å². The molecule has 3 rings (SSSR count). The van der Waals surface area contributed by atoms with Gasteiger partial charge in [0, 0.05) is 19.0 Å². The van der Waals surface area contributed by atoms with Crippen LogP contribution in [-0.2, 0) is 11.3 Å². The Balaban J connectivity index is 1.70. The molecule has 1 unspecified atom stereocenters. The molecule has 9 heteroatoms. The van der Waals surface area contributed by atoms with E-state index in [1.807, 2.05) is 0 Å². The molecular formula is C10H11BrN6OS. The second kappa shape index (κ2) is 5.93. The second-order valence-corrected chi connectivity index (χ2v) is 5.91. The van der Waals surface area contributed by atoms with Gasteiger partial charge >= 0.3 is 0 Å². The highest BCUT2D eigenvalue weighted by Crippen LogP contribution is 2.23. The molecule has 2 aromatic heterocycles. The standard InChI is InChI=1S/C10H11BrN6OS/c11-7-4-12-9(13-5-7)19-10-14-15-16-17(10)6-8-2-1-3-18-8/h4-5,8H,1-3,6H2. The van der Waals surface area contributed by atoms with E-state index < -0.39 is 0 Å². The fourth-order valence-electron chi connectivity index (χ4n) is 1.80. The molecule has 100 valence electrons. The predicted octanol–water partition coefficient (Wildman–Crippen LogP) is 1.56. The van der Waals surface area contributed by atoms with Crippen LogP contribution in [0.1, 0.15) is 12.8 Å². The van der Waals surface area contributed by atoms with Crippen LogP contribution in [0.25, 0.3) is 0 Å². The molecule has 3 heterocycles. The quantitative estimate of drug-likeness (QED) is 0.780. The Bertz CT molecular complexity index is 541. The van der Waals surface area contributed by atoms with E-state index in [1.165, 1.54) is 11.8 Å². The number of hydrogen-bond acceptors (Lipinski definition) is 7. The fourth-order valence-corrected chi connectivity index (χ4v) is 2.67. The van der Waals surface area contributed by atoms with Gasteiger partial charge in [-0.2, -0.15) is 0 Å². The summed E-state index contributed by atoms with van der Waals surface area (Å²) >= 11 is 4.64. The van der Waals surface area contributed by atoms with Crippen LogP contribution >= 0.6 is 27.7 Å². The monoisotopic (exact) mass is 342 g/mol. The van der Waals surface area contributed by atoms with E-state index in [0.29, 0.717) is 16.9 Å². The first-order chi connectivity index (χ1) is 9.31. The Labute approximate surface area is 122 Å². The molecule has 1 aliphatic rings. The number of ether oxygens (including phenoxy) is 1. The smallest absolute Gasteiger partial charge is 0.217 e. The third-order valence-corrected chi connectivity index (χ3v) is 3.96. The normalized spacial score (nSPS) is 18.9. The van der Waals surface area contributed by atoms with Crippen LogP contribution in [0.2, 0.25) is 0 Å². The molecule has 1 atom stereocenters. The van der Waals surface area contributed by atoms with E-state index in [1.54, 1.807) is 17.1 Å². The van der Waals surface area contributed by atoms with Crippen LogP contribution < -0.4 is 0 Å². The SMILES string of the molecule is Brc1cnc(Sc2nnnn2CC2CCCO2)nc1. The van der Waals surface area contributed by atoms with Gasteiger partial charge in [-0.15, -0.1) is 5.10 Å². The minimum absolute atomic E-state index is 0.202. The van der Waals surface area contributed by atoms with E-state index >= 15 is 0 Å². The number of tetrazole rings is 1. The lowest BCUT2D eigenvalue weighted by atomic mass is 10.2. The Morgan fingerprint density at radius 1 is 1.42 bits per heavy atom. The molecule has 19 heavy (non-hydrogen) atoms. The van der Waals surface area contributed by atoms with Gasteiger partial charge in [0.15, 0.2) is 5.16 Å². The number of nitrogens with zero attached hydrogens (tertiary/aromatic N) is 6. The molecule has 2 aromatic rings. The molecule has 0 aromatic carbocycles. The average molecular weight is 343 g/mol. The Hall–Kier alpha value is -1.06. The van der Waals surface area contributed by atoms with Gasteiger partial charge < -0.3 is 4.74 Å². The van der Waals surface area contributed by atoms with Gasteiger partial charge in [0.1, 0.15) is 0 Å². The van der Waals surface area contributed by atoms with Gasteiger partial charge in [0.05, 0.1) is 17.1 Å². The molecule has 7 nitrogen and oxygen atoms in total. The maximum Gasteiger partial charge on any atom is 0.217 e. The molecule has 0 bridgehead atoms. The van der Waals surface area contributed by atoms with Crippen molar-refractivity contribution in [3.8, 4) is 0 Å². The highest BCUT2D eigenvalue weighted by molar-refractivity contribution is 9.10. The summed E-state index contributed by atoms with van der Waals surface area (Å²) in [6.07, 6.45) is 5.76. The van der Waals surface area contributed by atoms with E-state index in [9.17, 15) is 0 Å². The van der Waals surface area contributed by atoms with Gasteiger partial charge in [0.2, 0.25) is 5.16 Å². The molecule has 1 fully saturated rings. The summed E-state index contributed by atoms with van der Waals surface area (Å²) < 4.78 is 8.17. The molecule has 0 saturated carbocycles. The van der Waals surface area contributed by atoms with Crippen molar-refractivity contribution in [2.75, 3.05) is 6.61 Å². The lowest BCUT2D eigenvalue weighted by Gasteiger charge is -2.09. The summed E-state index contributed by atoms with van der Waals surface area (Å²) in [4.78, 5) is 8.38. The zero-order valence-electron chi connectivity index (χ0n) is 9.94. The molecule has 0 spiro atoms. The molecular weight excluding hydrogens is 332 g/mol. The van der Waals surface area contributed by atoms with E-state index in [2.05, 4.69) is 41.4 Å². The van der Waals surface area contributed by atoms with Crippen LogP contribution in [-0.4, -0.2) is 42.9 Å². The van der Waals surface area contributed by atoms with Gasteiger partial charge in [-0.3, -0.25) is 0 Å². The number of hydrogen-bond donors (Lipinski definition) is 0. The van der Waals surface area contributed by atoms with Crippen molar-refractivity contribution in [1.82, 2.24) is 30.2 Å². The summed E-state index contributed by atoms with van der Waals surface area (Å²) in [6, 6.07) is 0. The highest BCUT2D eigenvalue weighted by atomic mass is 79.9. The summed E-state index contributed by atoms with van der Waals surface area (Å²) in [5, 5.41) is 13.0. The topological polar surface area (TPSA) is 78.6 Å². The van der Waals surface area contributed by atoms with Gasteiger partial charge in [-0.25, -0.2) is 14.6 Å². The van der Waals surface area contributed by atoms with Crippen molar-refractivity contribution in [2.45, 2.75) is 35.8 Å². The largest absolute Gasteiger partial charge is 0.376 e. The van der Waals surface area contributed by atoms with Crippen LogP contribution in [0.15, 0.2) is 27.2 Å². The van der Waals surface area contributed by atoms with E-state index in [0.717, 1.165) is 23.9 Å². The van der Waals surface area contributed by atoms with Crippen molar-refractivity contribution in [3.63, 3.8) is 0 Å². The third-order valence-electron chi connectivity index (χ3n) is 2.68. The summed E-state index contributed by atoms with van der Waals surface area (Å²) in [7, 11) is 0. The van der Waals surface area contributed by atoms with Crippen molar-refractivity contribution in [2.24, 2.45) is 0 Å². The van der Waals surface area contributed by atoms with Gasteiger partial charge in [-0.05, 0) is 51.0 Å². The third kappa shape index (κ3) is 3.28. The van der Waals surface area contributed by atoms with Crippen LogP contribution in [0.5, 0.6) is 0 Å². The fraction of sp³-hybridized carbons (Fsp3) is 0.500. The Kier molecular flexibility index (Phi) is 4.04. The maximum atomic E-state index is 5.58. The molecule has 0 N–H and O–H groups in total. The number of rotatable bonds is 4. The van der Waals surface area contributed by atoms with Gasteiger partial charge in [0.25, 0.3) is 0 Å². The first-order valence-corrected chi connectivity index (χ1v) is 7.45. The highest BCUT2D eigenvalue weighted by Gasteiger charge is 2.19. The van der Waals surface area contributed by atoms with E-state index in [-0.39, 0.29) is 6.10 Å². The molecule has 0 aliphatic carbocycles. The summed E-state index contributed by atoms with van der Waals surface area (Å²) in [5.41, 5.74) is 0. The zero-order valence-corrected chi connectivity index (χ0v) is 12.3. The first kappa shape index (κ1) is 12.9. The summed E-state index contributed by atoms with van der Waals surface area (Å²) in [5.74, 6) is 0. The molecule has 0 radical (unpaired) electrons. The Morgan fingerprint density at radius 2 is 2.26 bits per heavy atom. The van der Waals surface area contributed by atoms with Gasteiger partial charge in [-0.1, -0.05) is 0 Å².